The normalized spacial score (nSPS) is 15.3. The summed E-state index contributed by atoms with van der Waals surface area (Å²) in [6, 6.07) is 16.6. The second-order valence-corrected chi connectivity index (χ2v) is 11.5. The molecule has 2 heterocycles. The fourth-order valence-corrected chi connectivity index (χ4v) is 6.33. The number of esters is 1. The SMILES string of the molecule is CCOc1ccc(/C=c2\sc3n(c2=O)[C@@H](c2cc(Br)ccc2OC)C(C(=O)OC(C)C)=C(C)N=3)c2ccccc12. The quantitative estimate of drug-likeness (QED) is 0.255. The van der Waals surface area contributed by atoms with Crippen LogP contribution in [0.2, 0.25) is 0 Å². The molecule has 1 aromatic heterocycles. The van der Waals surface area contributed by atoms with Crippen LogP contribution in [0.5, 0.6) is 11.5 Å². The first kappa shape index (κ1) is 27.9. The van der Waals surface area contributed by atoms with Crippen LogP contribution in [0.25, 0.3) is 16.8 Å². The first-order valence-corrected chi connectivity index (χ1v) is 14.6. The van der Waals surface area contributed by atoms with E-state index < -0.39 is 12.0 Å². The molecule has 7 nitrogen and oxygen atoms in total. The molecule has 0 radical (unpaired) electrons. The zero-order chi connectivity index (χ0) is 28.6. The van der Waals surface area contributed by atoms with Gasteiger partial charge >= 0.3 is 5.97 Å². The number of ether oxygens (including phenoxy) is 3. The minimum Gasteiger partial charge on any atom is -0.496 e. The summed E-state index contributed by atoms with van der Waals surface area (Å²) < 4.78 is 20.0. The molecule has 4 aromatic rings. The van der Waals surface area contributed by atoms with Crippen molar-refractivity contribution in [1.82, 2.24) is 4.57 Å². The minimum absolute atomic E-state index is 0.254. The third-order valence-electron chi connectivity index (χ3n) is 6.57. The van der Waals surface area contributed by atoms with Crippen molar-refractivity contribution in [2.24, 2.45) is 4.99 Å². The lowest BCUT2D eigenvalue weighted by Gasteiger charge is -2.26. The Balaban J connectivity index is 1.76. The van der Waals surface area contributed by atoms with Gasteiger partial charge in [-0.25, -0.2) is 9.79 Å². The molecule has 0 amide bonds. The molecular formula is C31H29BrN2O5S. The van der Waals surface area contributed by atoms with Crippen molar-refractivity contribution in [3.8, 4) is 11.5 Å². The standard InChI is InChI=1S/C31H29BrN2O5S/c1-6-38-25-13-11-19(21-9-7-8-10-22(21)25)15-26-29(35)34-28(23-16-20(32)12-14-24(23)37-5)27(30(36)39-17(2)3)18(4)33-31(34)40-26/h7-17,28H,6H2,1-5H3/b26-15-/t28-/m0/s1. The molecule has 1 atom stereocenters. The van der Waals surface area contributed by atoms with Gasteiger partial charge in [-0.15, -0.1) is 0 Å². The van der Waals surface area contributed by atoms with Gasteiger partial charge in [-0.2, -0.15) is 0 Å². The number of halogens is 1. The average Bonchev–Trinajstić information content (AvgIpc) is 3.23. The van der Waals surface area contributed by atoms with E-state index in [1.54, 1.807) is 32.4 Å². The predicted molar refractivity (Wildman–Crippen MR) is 161 cm³/mol. The van der Waals surface area contributed by atoms with E-state index in [1.807, 2.05) is 67.6 Å². The Hall–Kier alpha value is -3.69. The van der Waals surface area contributed by atoms with Gasteiger partial charge in [-0.1, -0.05) is 57.6 Å². The zero-order valence-corrected chi connectivity index (χ0v) is 25.3. The number of hydrogen-bond acceptors (Lipinski definition) is 7. The van der Waals surface area contributed by atoms with Gasteiger partial charge in [0.2, 0.25) is 0 Å². The fourth-order valence-electron chi connectivity index (χ4n) is 4.92. The third kappa shape index (κ3) is 5.11. The molecule has 0 saturated heterocycles. The van der Waals surface area contributed by atoms with Crippen molar-refractivity contribution in [1.29, 1.82) is 0 Å². The van der Waals surface area contributed by atoms with E-state index in [2.05, 4.69) is 15.9 Å². The first-order valence-electron chi connectivity index (χ1n) is 12.9. The summed E-state index contributed by atoms with van der Waals surface area (Å²) in [5, 5.41) is 1.94. The second kappa shape index (κ2) is 11.4. The second-order valence-electron chi connectivity index (χ2n) is 9.55. The monoisotopic (exact) mass is 620 g/mol. The molecule has 40 heavy (non-hydrogen) atoms. The smallest absolute Gasteiger partial charge is 0.338 e. The Morgan fingerprint density at radius 3 is 2.55 bits per heavy atom. The zero-order valence-electron chi connectivity index (χ0n) is 22.9. The number of allylic oxidation sites excluding steroid dienone is 1. The maximum atomic E-state index is 14.1. The number of methoxy groups -OCH3 is 1. The molecule has 0 spiro atoms. The van der Waals surface area contributed by atoms with Gasteiger partial charge in [0.15, 0.2) is 4.80 Å². The summed E-state index contributed by atoms with van der Waals surface area (Å²) >= 11 is 4.83. The minimum atomic E-state index is -0.783. The van der Waals surface area contributed by atoms with E-state index >= 15 is 0 Å². The number of rotatable bonds is 7. The third-order valence-corrected chi connectivity index (χ3v) is 8.05. The summed E-state index contributed by atoms with van der Waals surface area (Å²) in [6.07, 6.45) is 1.54. The first-order chi connectivity index (χ1) is 19.2. The van der Waals surface area contributed by atoms with Crippen LogP contribution in [-0.4, -0.2) is 30.4 Å². The molecule has 0 saturated carbocycles. The van der Waals surface area contributed by atoms with E-state index in [9.17, 15) is 9.59 Å². The average molecular weight is 622 g/mol. The summed E-state index contributed by atoms with van der Waals surface area (Å²) in [4.78, 5) is 32.7. The number of thiazole rings is 1. The van der Waals surface area contributed by atoms with Gasteiger partial charge in [0.05, 0.1) is 35.6 Å². The number of carbonyl (C=O) groups is 1. The Morgan fingerprint density at radius 2 is 1.85 bits per heavy atom. The summed E-state index contributed by atoms with van der Waals surface area (Å²) in [5.41, 5.74) is 2.08. The Morgan fingerprint density at radius 1 is 1.12 bits per heavy atom. The predicted octanol–water partition coefficient (Wildman–Crippen LogP) is 5.51. The van der Waals surface area contributed by atoms with Gasteiger partial charge < -0.3 is 14.2 Å². The highest BCUT2D eigenvalue weighted by Gasteiger charge is 2.35. The largest absolute Gasteiger partial charge is 0.496 e. The number of fused-ring (bicyclic) bond motifs is 2. The fraction of sp³-hybridized carbons (Fsp3) is 0.258. The Kier molecular flexibility index (Phi) is 7.96. The van der Waals surface area contributed by atoms with E-state index in [-0.39, 0.29) is 11.7 Å². The summed E-state index contributed by atoms with van der Waals surface area (Å²) in [6.45, 7) is 7.86. The van der Waals surface area contributed by atoms with E-state index in [0.717, 1.165) is 26.6 Å². The van der Waals surface area contributed by atoms with Crippen LogP contribution in [0.4, 0.5) is 0 Å². The topological polar surface area (TPSA) is 79.1 Å². The number of hydrogen-bond donors (Lipinski definition) is 0. The van der Waals surface area contributed by atoms with Gasteiger partial charge in [-0.05, 0) is 69.0 Å². The van der Waals surface area contributed by atoms with Crippen LogP contribution >= 0.6 is 27.3 Å². The van der Waals surface area contributed by atoms with Gasteiger partial charge in [-0.3, -0.25) is 9.36 Å². The van der Waals surface area contributed by atoms with E-state index in [1.165, 1.54) is 11.3 Å². The lowest BCUT2D eigenvalue weighted by Crippen LogP contribution is -2.40. The highest BCUT2D eigenvalue weighted by Crippen LogP contribution is 2.37. The lowest BCUT2D eigenvalue weighted by molar-refractivity contribution is -0.143. The number of carbonyl (C=O) groups excluding carboxylic acids is 1. The van der Waals surface area contributed by atoms with Crippen molar-refractivity contribution in [3.05, 3.63) is 101 Å². The maximum Gasteiger partial charge on any atom is 0.338 e. The number of aromatic nitrogens is 1. The molecule has 3 aromatic carbocycles. The van der Waals surface area contributed by atoms with E-state index in [4.69, 9.17) is 19.2 Å². The molecule has 1 aliphatic heterocycles. The Bertz CT molecular complexity index is 1840. The molecular weight excluding hydrogens is 592 g/mol. The van der Waals surface area contributed by atoms with E-state index in [0.29, 0.717) is 38.5 Å². The summed E-state index contributed by atoms with van der Waals surface area (Å²) in [5.74, 6) is 0.822. The van der Waals surface area contributed by atoms with Crippen molar-refractivity contribution in [2.75, 3.05) is 13.7 Å². The molecule has 1 aliphatic rings. The maximum absolute atomic E-state index is 14.1. The van der Waals surface area contributed by atoms with Crippen LogP contribution in [0.3, 0.4) is 0 Å². The van der Waals surface area contributed by atoms with Gasteiger partial charge in [0.1, 0.15) is 17.5 Å². The molecule has 0 aliphatic carbocycles. The van der Waals surface area contributed by atoms with Gasteiger partial charge in [0.25, 0.3) is 5.56 Å². The number of nitrogens with zero attached hydrogens (tertiary/aromatic N) is 2. The molecule has 0 unspecified atom stereocenters. The van der Waals surface area contributed by atoms with Crippen LogP contribution in [-0.2, 0) is 9.53 Å². The number of benzene rings is 3. The van der Waals surface area contributed by atoms with Crippen molar-refractivity contribution in [2.45, 2.75) is 39.8 Å². The summed E-state index contributed by atoms with van der Waals surface area (Å²) in [7, 11) is 1.57. The van der Waals surface area contributed by atoms with Crippen LogP contribution in [0, 0.1) is 0 Å². The van der Waals surface area contributed by atoms with Crippen LogP contribution < -0.4 is 24.4 Å². The Labute approximate surface area is 244 Å². The highest BCUT2D eigenvalue weighted by molar-refractivity contribution is 9.10. The van der Waals surface area contributed by atoms with Gasteiger partial charge in [0, 0.05) is 15.4 Å². The molecule has 206 valence electrons. The molecule has 5 rings (SSSR count). The van der Waals surface area contributed by atoms with Crippen molar-refractivity contribution < 1.29 is 19.0 Å². The van der Waals surface area contributed by atoms with Crippen molar-refractivity contribution >= 4 is 50.1 Å². The molecule has 9 heteroatoms. The molecule has 0 fully saturated rings. The molecule has 0 N–H and O–H groups in total. The van der Waals surface area contributed by atoms with Crippen LogP contribution in [0.15, 0.2) is 80.1 Å². The molecule has 0 bridgehead atoms. The highest BCUT2D eigenvalue weighted by atomic mass is 79.9. The van der Waals surface area contributed by atoms with Crippen molar-refractivity contribution in [3.63, 3.8) is 0 Å². The lowest BCUT2D eigenvalue weighted by atomic mass is 9.95. The van der Waals surface area contributed by atoms with Crippen LogP contribution in [0.1, 0.15) is 44.9 Å².